The van der Waals surface area contributed by atoms with Crippen molar-refractivity contribution in [3.05, 3.63) is 64.8 Å². The molecule has 1 aromatic heterocycles. The topological polar surface area (TPSA) is 91.8 Å². The Morgan fingerprint density at radius 2 is 1.78 bits per heavy atom. The first-order chi connectivity index (χ1) is 17.8. The number of amides is 3. The van der Waals surface area contributed by atoms with Crippen LogP contribution < -0.4 is 10.1 Å². The Hall–Kier alpha value is -3.08. The Balaban J connectivity index is 1.47. The van der Waals surface area contributed by atoms with E-state index in [0.29, 0.717) is 54.1 Å². The van der Waals surface area contributed by atoms with Crippen molar-refractivity contribution < 1.29 is 19.1 Å². The number of rotatable bonds is 7. The second kappa shape index (κ2) is 12.0. The van der Waals surface area contributed by atoms with Gasteiger partial charge < -0.3 is 14.5 Å². The van der Waals surface area contributed by atoms with Crippen LogP contribution in [0.15, 0.2) is 51.7 Å². The van der Waals surface area contributed by atoms with Gasteiger partial charge in [-0.3, -0.25) is 19.7 Å². The Morgan fingerprint density at radius 1 is 1.11 bits per heavy atom. The van der Waals surface area contributed by atoms with Crippen molar-refractivity contribution >= 4 is 57.6 Å². The van der Waals surface area contributed by atoms with Crippen molar-refractivity contribution in [2.24, 2.45) is 0 Å². The fraction of sp³-hybridized carbons (Fsp3) is 0.308. The second-order valence-electron chi connectivity index (χ2n) is 8.49. The number of anilines is 1. The van der Waals surface area contributed by atoms with E-state index in [-0.39, 0.29) is 17.7 Å². The maximum Gasteiger partial charge on any atom is 0.257 e. The van der Waals surface area contributed by atoms with Gasteiger partial charge in [-0.05, 0) is 42.3 Å². The van der Waals surface area contributed by atoms with Gasteiger partial charge in [0.1, 0.15) is 5.75 Å². The molecule has 1 N–H and O–H groups in total. The van der Waals surface area contributed by atoms with Crippen molar-refractivity contribution in [1.82, 2.24) is 14.8 Å². The van der Waals surface area contributed by atoms with Crippen LogP contribution in [0.5, 0.6) is 5.75 Å². The van der Waals surface area contributed by atoms with Gasteiger partial charge in [0, 0.05) is 49.4 Å². The number of halogens is 1. The molecule has 4 rings (SSSR count). The average molecular weight is 559 g/mol. The highest BCUT2D eigenvalue weighted by Crippen LogP contribution is 2.38. The minimum atomic E-state index is -0.245. The van der Waals surface area contributed by atoms with Crippen molar-refractivity contribution in [2.75, 3.05) is 38.6 Å². The van der Waals surface area contributed by atoms with E-state index in [2.05, 4.69) is 10.3 Å². The molecule has 3 aromatic rings. The number of aryl methyl sites for hydroxylation is 1. The molecule has 0 atom stereocenters. The zero-order chi connectivity index (χ0) is 26.5. The number of carbonyl (C=O) groups excluding carboxylic acids is 3. The maximum atomic E-state index is 13.3. The van der Waals surface area contributed by atoms with Crippen LogP contribution in [0.4, 0.5) is 5.13 Å². The number of thiazole rings is 1. The quantitative estimate of drug-likeness (QED) is 0.414. The van der Waals surface area contributed by atoms with E-state index in [1.54, 1.807) is 42.2 Å². The van der Waals surface area contributed by atoms with E-state index in [1.807, 2.05) is 31.2 Å². The summed E-state index contributed by atoms with van der Waals surface area (Å²) in [5.74, 6) is 0.551. The summed E-state index contributed by atoms with van der Waals surface area (Å²) >= 11 is 8.65. The predicted octanol–water partition coefficient (Wildman–Crippen LogP) is 4.91. The molecule has 0 bridgehead atoms. The molecular formula is C26H27ClN4O4S2. The summed E-state index contributed by atoms with van der Waals surface area (Å²) in [6.45, 7) is 5.49. The molecule has 8 nitrogen and oxygen atoms in total. The zero-order valence-corrected chi connectivity index (χ0v) is 23.1. The highest BCUT2D eigenvalue weighted by Gasteiger charge is 2.26. The lowest BCUT2D eigenvalue weighted by Gasteiger charge is -2.34. The van der Waals surface area contributed by atoms with Gasteiger partial charge in [-0.2, -0.15) is 0 Å². The molecule has 0 radical (unpaired) electrons. The molecule has 2 heterocycles. The Bertz CT molecular complexity index is 1300. The smallest absolute Gasteiger partial charge is 0.257 e. The number of ether oxygens (including phenoxy) is 1. The molecule has 1 aliphatic rings. The van der Waals surface area contributed by atoms with Crippen LogP contribution in [0.25, 0.3) is 0 Å². The van der Waals surface area contributed by atoms with Crippen LogP contribution in [0.3, 0.4) is 0 Å². The Kier molecular flexibility index (Phi) is 8.73. The molecule has 3 amide bonds. The van der Waals surface area contributed by atoms with Crippen LogP contribution in [0, 0.1) is 6.92 Å². The molecule has 0 saturated carbocycles. The molecule has 1 aliphatic heterocycles. The third kappa shape index (κ3) is 6.44. The van der Waals surface area contributed by atoms with Gasteiger partial charge in [0.15, 0.2) is 5.13 Å². The van der Waals surface area contributed by atoms with Gasteiger partial charge in [-0.15, -0.1) is 11.6 Å². The third-order valence-corrected chi connectivity index (χ3v) is 8.51. The van der Waals surface area contributed by atoms with Crippen molar-refractivity contribution in [3.63, 3.8) is 0 Å². The first-order valence-electron chi connectivity index (χ1n) is 11.6. The summed E-state index contributed by atoms with van der Waals surface area (Å²) < 4.78 is 6.39. The van der Waals surface area contributed by atoms with Gasteiger partial charge >= 0.3 is 0 Å². The van der Waals surface area contributed by atoms with E-state index >= 15 is 0 Å². The minimum absolute atomic E-state index is 0.0167. The van der Waals surface area contributed by atoms with E-state index < -0.39 is 0 Å². The Labute approximate surface area is 229 Å². The third-order valence-electron chi connectivity index (χ3n) is 6.03. The number of nitrogens with zero attached hydrogens (tertiary/aromatic N) is 3. The van der Waals surface area contributed by atoms with Crippen molar-refractivity contribution in [1.29, 1.82) is 0 Å². The van der Waals surface area contributed by atoms with E-state index in [1.165, 1.54) is 23.1 Å². The lowest BCUT2D eigenvalue weighted by Crippen LogP contribution is -2.50. The number of piperazine rings is 1. The first-order valence-corrected chi connectivity index (χ1v) is 13.8. The average Bonchev–Trinajstić information content (AvgIpc) is 3.35. The summed E-state index contributed by atoms with van der Waals surface area (Å²) in [5.41, 5.74) is 2.90. The fourth-order valence-corrected chi connectivity index (χ4v) is 6.00. The number of benzene rings is 2. The fourth-order valence-electron chi connectivity index (χ4n) is 3.89. The number of methoxy groups -OCH3 is 1. The molecule has 37 heavy (non-hydrogen) atoms. The molecule has 0 spiro atoms. The molecular weight excluding hydrogens is 532 g/mol. The highest BCUT2D eigenvalue weighted by molar-refractivity contribution is 8.01. The van der Waals surface area contributed by atoms with Gasteiger partial charge in [-0.25, -0.2) is 4.98 Å². The van der Waals surface area contributed by atoms with Crippen LogP contribution in [0.1, 0.15) is 38.8 Å². The number of hydrogen-bond acceptors (Lipinski definition) is 7. The molecule has 0 aliphatic carbocycles. The van der Waals surface area contributed by atoms with Gasteiger partial charge in [0.25, 0.3) is 11.8 Å². The Morgan fingerprint density at radius 3 is 2.41 bits per heavy atom. The maximum absolute atomic E-state index is 13.3. The lowest BCUT2D eigenvalue weighted by atomic mass is 10.1. The van der Waals surface area contributed by atoms with Crippen LogP contribution in [-0.2, 0) is 10.7 Å². The van der Waals surface area contributed by atoms with Gasteiger partial charge in [-0.1, -0.05) is 35.2 Å². The van der Waals surface area contributed by atoms with Crippen molar-refractivity contribution in [3.8, 4) is 5.75 Å². The largest absolute Gasteiger partial charge is 0.496 e. The summed E-state index contributed by atoms with van der Waals surface area (Å²) in [7, 11) is 1.55. The summed E-state index contributed by atoms with van der Waals surface area (Å²) in [6.07, 6.45) is 1.70. The predicted molar refractivity (Wildman–Crippen MR) is 146 cm³/mol. The first kappa shape index (κ1) is 27.0. The number of hydrogen-bond donors (Lipinski definition) is 1. The molecule has 1 fully saturated rings. The molecule has 1 saturated heterocycles. The molecule has 0 unspecified atom stereocenters. The molecule has 194 valence electrons. The molecule has 11 heteroatoms. The highest BCUT2D eigenvalue weighted by atomic mass is 35.5. The lowest BCUT2D eigenvalue weighted by molar-refractivity contribution is -0.130. The molecule has 2 aromatic carbocycles. The van der Waals surface area contributed by atoms with Gasteiger partial charge in [0.05, 0.1) is 23.1 Å². The summed E-state index contributed by atoms with van der Waals surface area (Å²) in [4.78, 5) is 46.3. The van der Waals surface area contributed by atoms with Gasteiger partial charge in [0.2, 0.25) is 5.91 Å². The van der Waals surface area contributed by atoms with E-state index in [4.69, 9.17) is 16.3 Å². The van der Waals surface area contributed by atoms with Crippen LogP contribution in [-0.4, -0.2) is 65.8 Å². The normalized spacial score (nSPS) is 13.4. The summed E-state index contributed by atoms with van der Waals surface area (Å²) in [6, 6.07) is 10.8. The zero-order valence-electron chi connectivity index (χ0n) is 20.7. The summed E-state index contributed by atoms with van der Waals surface area (Å²) in [5, 5.41) is 3.32. The number of alkyl halides is 1. The van der Waals surface area contributed by atoms with Crippen LogP contribution in [0.2, 0.25) is 0 Å². The van der Waals surface area contributed by atoms with E-state index in [9.17, 15) is 14.4 Å². The second-order valence-corrected chi connectivity index (χ2v) is 11.1. The number of carbonyl (C=O) groups is 3. The number of aromatic nitrogens is 1. The van der Waals surface area contributed by atoms with Crippen LogP contribution >= 0.6 is 34.7 Å². The minimum Gasteiger partial charge on any atom is -0.496 e. The standard InChI is InChI=1S/C26H27ClN4O4S2/c1-16-12-21(35-3)20(25(34)31-10-8-30(9-11-31)17(2)32)13-22(16)36-23-15-28-26(37-23)29-24(33)19-6-4-18(14-27)5-7-19/h4-7,12-13,15H,8-11,14H2,1-3H3,(H,28,29,33). The van der Waals surface area contributed by atoms with E-state index in [0.717, 1.165) is 20.2 Å². The number of nitrogens with one attached hydrogen (secondary N) is 1. The van der Waals surface area contributed by atoms with Crippen molar-refractivity contribution in [2.45, 2.75) is 28.8 Å². The SMILES string of the molecule is COc1cc(C)c(Sc2cnc(NC(=O)c3ccc(CCl)cc3)s2)cc1C(=O)N1CCN(C(C)=O)CC1. The monoisotopic (exact) mass is 558 g/mol.